The number of hydrogen-bond acceptors (Lipinski definition) is 2. The highest BCUT2D eigenvalue weighted by molar-refractivity contribution is 6.31. The lowest BCUT2D eigenvalue weighted by atomic mass is 10.3. The average Bonchev–Trinajstić information content (AvgIpc) is 2.42. The molecule has 1 rings (SSSR count). The van der Waals surface area contributed by atoms with Gasteiger partial charge in [-0.3, -0.25) is 9.48 Å². The minimum absolute atomic E-state index is 0.00803. The zero-order chi connectivity index (χ0) is 10.7. The highest BCUT2D eigenvalue weighted by Crippen LogP contribution is 2.18. The van der Waals surface area contributed by atoms with Crippen LogP contribution < -0.4 is 5.32 Å². The second-order valence-corrected chi connectivity index (χ2v) is 3.51. The number of nitrogens with one attached hydrogen (secondary N) is 1. The maximum Gasteiger partial charge on any atom is 0.221 e. The third-order valence-electron chi connectivity index (χ3n) is 2.12. The van der Waals surface area contributed by atoms with Gasteiger partial charge in [-0.2, -0.15) is 5.10 Å². The lowest BCUT2D eigenvalue weighted by molar-refractivity contribution is -0.120. The van der Waals surface area contributed by atoms with Gasteiger partial charge in [0.15, 0.2) is 0 Å². The molecule has 1 N–H and O–H groups in total. The third kappa shape index (κ3) is 2.26. The van der Waals surface area contributed by atoms with Crippen molar-refractivity contribution >= 4 is 17.5 Å². The molecule has 0 fully saturated rings. The topological polar surface area (TPSA) is 46.9 Å². The Morgan fingerprint density at radius 3 is 2.64 bits per heavy atom. The summed E-state index contributed by atoms with van der Waals surface area (Å²) in [5, 5.41) is 7.47. The van der Waals surface area contributed by atoms with E-state index in [4.69, 9.17) is 11.6 Å². The Labute approximate surface area is 88.2 Å². The molecule has 14 heavy (non-hydrogen) atoms. The van der Waals surface area contributed by atoms with Gasteiger partial charge in [0.05, 0.1) is 23.0 Å². The Hall–Kier alpha value is -1.03. The molecule has 0 saturated heterocycles. The van der Waals surface area contributed by atoms with Crippen LogP contribution >= 0.6 is 11.6 Å². The van der Waals surface area contributed by atoms with Gasteiger partial charge in [-0.05, 0) is 13.8 Å². The van der Waals surface area contributed by atoms with E-state index >= 15 is 0 Å². The summed E-state index contributed by atoms with van der Waals surface area (Å²) in [6.45, 7) is 4.32. The number of rotatable bonds is 3. The van der Waals surface area contributed by atoms with Gasteiger partial charge in [-0.15, -0.1) is 0 Å². The summed E-state index contributed by atoms with van der Waals surface area (Å²) < 4.78 is 1.76. The molecule has 1 heterocycles. The van der Waals surface area contributed by atoms with Crippen LogP contribution in [0.4, 0.5) is 0 Å². The van der Waals surface area contributed by atoms with Crippen LogP contribution in [0.2, 0.25) is 5.02 Å². The SMILES string of the molecule is CNC(=O)CCn1nc(C)c(Cl)c1C. The van der Waals surface area contributed by atoms with Crippen LogP contribution in [0.3, 0.4) is 0 Å². The number of carbonyl (C=O) groups excluding carboxylic acids is 1. The molecule has 78 valence electrons. The number of aromatic nitrogens is 2. The Morgan fingerprint density at radius 2 is 2.21 bits per heavy atom. The van der Waals surface area contributed by atoms with Crippen molar-refractivity contribution in [3.63, 3.8) is 0 Å². The van der Waals surface area contributed by atoms with Crippen molar-refractivity contribution in [1.29, 1.82) is 0 Å². The lowest BCUT2D eigenvalue weighted by Gasteiger charge is -2.02. The molecule has 0 atom stereocenters. The van der Waals surface area contributed by atoms with E-state index in [9.17, 15) is 4.79 Å². The molecule has 0 saturated carbocycles. The first-order chi connectivity index (χ1) is 6.56. The van der Waals surface area contributed by atoms with Crippen LogP contribution in [0.5, 0.6) is 0 Å². The van der Waals surface area contributed by atoms with Gasteiger partial charge in [-0.25, -0.2) is 0 Å². The highest BCUT2D eigenvalue weighted by atomic mass is 35.5. The molecule has 0 unspecified atom stereocenters. The first-order valence-electron chi connectivity index (χ1n) is 4.46. The minimum atomic E-state index is 0.00803. The average molecular weight is 216 g/mol. The van der Waals surface area contributed by atoms with E-state index in [2.05, 4.69) is 10.4 Å². The van der Waals surface area contributed by atoms with Crippen LogP contribution in [-0.2, 0) is 11.3 Å². The predicted molar refractivity (Wildman–Crippen MR) is 55.4 cm³/mol. The van der Waals surface area contributed by atoms with E-state index < -0.39 is 0 Å². The molecule has 0 aliphatic heterocycles. The van der Waals surface area contributed by atoms with Crippen molar-refractivity contribution < 1.29 is 4.79 Å². The summed E-state index contributed by atoms with van der Waals surface area (Å²) >= 11 is 5.96. The monoisotopic (exact) mass is 215 g/mol. The minimum Gasteiger partial charge on any atom is -0.359 e. The van der Waals surface area contributed by atoms with E-state index in [-0.39, 0.29) is 5.91 Å². The third-order valence-corrected chi connectivity index (χ3v) is 2.67. The zero-order valence-electron chi connectivity index (χ0n) is 8.59. The fourth-order valence-corrected chi connectivity index (χ4v) is 1.36. The smallest absolute Gasteiger partial charge is 0.221 e. The van der Waals surface area contributed by atoms with Gasteiger partial charge >= 0.3 is 0 Å². The summed E-state index contributed by atoms with van der Waals surface area (Å²) in [5.41, 5.74) is 1.72. The summed E-state index contributed by atoms with van der Waals surface area (Å²) in [7, 11) is 1.62. The lowest BCUT2D eigenvalue weighted by Crippen LogP contribution is -2.20. The predicted octanol–water partition coefficient (Wildman–Crippen LogP) is 1.29. The van der Waals surface area contributed by atoms with Crippen LogP contribution in [0.15, 0.2) is 0 Å². The summed E-state index contributed by atoms with van der Waals surface area (Å²) in [6, 6.07) is 0. The van der Waals surface area contributed by atoms with Gasteiger partial charge in [0.2, 0.25) is 5.91 Å². The second kappa shape index (κ2) is 4.46. The van der Waals surface area contributed by atoms with Gasteiger partial charge in [0.25, 0.3) is 0 Å². The van der Waals surface area contributed by atoms with Crippen molar-refractivity contribution in [2.24, 2.45) is 0 Å². The standard InChI is InChI=1S/C9H14ClN3O/c1-6-9(10)7(2)13(12-6)5-4-8(14)11-3/h4-5H2,1-3H3,(H,11,14). The maximum absolute atomic E-state index is 11.0. The van der Waals surface area contributed by atoms with Crippen LogP contribution in [-0.4, -0.2) is 22.7 Å². The Kier molecular flexibility index (Phi) is 3.52. The highest BCUT2D eigenvalue weighted by Gasteiger charge is 2.09. The van der Waals surface area contributed by atoms with Gasteiger partial charge < -0.3 is 5.32 Å². The fourth-order valence-electron chi connectivity index (χ4n) is 1.23. The molecule has 0 aliphatic rings. The number of halogens is 1. The molecular formula is C9H14ClN3O. The fraction of sp³-hybridized carbons (Fsp3) is 0.556. The summed E-state index contributed by atoms with van der Waals surface area (Å²) in [4.78, 5) is 11.0. The van der Waals surface area contributed by atoms with E-state index in [1.54, 1.807) is 11.7 Å². The van der Waals surface area contributed by atoms with Crippen LogP contribution in [0.25, 0.3) is 0 Å². The molecule has 0 aromatic carbocycles. The van der Waals surface area contributed by atoms with Gasteiger partial charge in [-0.1, -0.05) is 11.6 Å². The molecule has 0 spiro atoms. The number of aryl methyl sites for hydroxylation is 2. The molecule has 1 aromatic rings. The van der Waals surface area contributed by atoms with Crippen LogP contribution in [0, 0.1) is 13.8 Å². The molecule has 1 amide bonds. The molecule has 0 radical (unpaired) electrons. The van der Waals surface area contributed by atoms with Gasteiger partial charge in [0, 0.05) is 13.5 Å². The van der Waals surface area contributed by atoms with Crippen molar-refractivity contribution in [3.05, 3.63) is 16.4 Å². The largest absolute Gasteiger partial charge is 0.359 e. The van der Waals surface area contributed by atoms with E-state index in [1.165, 1.54) is 0 Å². The number of nitrogens with zero attached hydrogens (tertiary/aromatic N) is 2. The summed E-state index contributed by atoms with van der Waals surface area (Å²) in [6.07, 6.45) is 0.425. The molecule has 1 aromatic heterocycles. The molecule has 0 aliphatic carbocycles. The van der Waals surface area contributed by atoms with Gasteiger partial charge in [0.1, 0.15) is 0 Å². The number of carbonyl (C=O) groups is 1. The quantitative estimate of drug-likeness (QED) is 0.826. The van der Waals surface area contributed by atoms with Crippen molar-refractivity contribution in [3.8, 4) is 0 Å². The summed E-state index contributed by atoms with van der Waals surface area (Å²) in [5.74, 6) is 0.00803. The molecule has 4 nitrogen and oxygen atoms in total. The van der Waals surface area contributed by atoms with Crippen molar-refractivity contribution in [2.45, 2.75) is 26.8 Å². The maximum atomic E-state index is 11.0. The first kappa shape index (κ1) is 11.0. The second-order valence-electron chi connectivity index (χ2n) is 3.13. The van der Waals surface area contributed by atoms with Crippen LogP contribution in [0.1, 0.15) is 17.8 Å². The molecule has 0 bridgehead atoms. The number of hydrogen-bond donors (Lipinski definition) is 1. The van der Waals surface area contributed by atoms with Crippen molar-refractivity contribution in [2.75, 3.05) is 7.05 Å². The molecule has 5 heteroatoms. The van der Waals surface area contributed by atoms with E-state index in [0.29, 0.717) is 18.0 Å². The Bertz CT molecular complexity index is 346. The molecular weight excluding hydrogens is 202 g/mol. The number of amides is 1. The Balaban J connectivity index is 2.68. The van der Waals surface area contributed by atoms with Crippen molar-refractivity contribution in [1.82, 2.24) is 15.1 Å². The normalized spacial score (nSPS) is 10.3. The Morgan fingerprint density at radius 1 is 1.57 bits per heavy atom. The first-order valence-corrected chi connectivity index (χ1v) is 4.84. The zero-order valence-corrected chi connectivity index (χ0v) is 9.35. The van der Waals surface area contributed by atoms with E-state index in [0.717, 1.165) is 11.4 Å². The van der Waals surface area contributed by atoms with E-state index in [1.807, 2.05) is 13.8 Å².